The zero-order chi connectivity index (χ0) is 24.4. The van der Waals surface area contributed by atoms with Gasteiger partial charge >= 0.3 is 19.4 Å². The van der Waals surface area contributed by atoms with Crippen LogP contribution >= 0.6 is 19.3 Å². The summed E-state index contributed by atoms with van der Waals surface area (Å²) in [5, 5.41) is 18.6. The first-order valence-electron chi connectivity index (χ1n) is 9.45. The number of hydrogen-bond acceptors (Lipinski definition) is 8. The van der Waals surface area contributed by atoms with E-state index in [0.29, 0.717) is 4.57 Å². The Kier molecular flexibility index (Phi) is 7.42. The second-order valence-electron chi connectivity index (χ2n) is 7.05. The Morgan fingerprint density at radius 1 is 1.39 bits per heavy atom. The van der Waals surface area contributed by atoms with Crippen LogP contribution in [0.5, 0.6) is 5.75 Å². The molecule has 1 saturated heterocycles. The molecule has 12 nitrogen and oxygen atoms in total. The SMILES string of the molecule is CC(NP(=O)(OC[C@H]1O[C@@H](n2ccc(=O)[nH]c2=O)[C@@](F)(Cl)[C@@H]1O)Oc1ccccc1)C(=O)O. The summed E-state index contributed by atoms with van der Waals surface area (Å²) in [4.78, 5) is 36.3. The molecule has 4 N–H and O–H groups in total. The number of aliphatic hydroxyl groups is 1. The molecule has 0 spiro atoms. The van der Waals surface area contributed by atoms with Crippen molar-refractivity contribution in [3.8, 4) is 5.75 Å². The number of aliphatic carboxylic acids is 1. The summed E-state index contributed by atoms with van der Waals surface area (Å²) in [5.74, 6) is -1.28. The smallest absolute Gasteiger partial charge is 0.459 e. The van der Waals surface area contributed by atoms with E-state index in [9.17, 15) is 24.1 Å². The molecule has 0 aliphatic carbocycles. The Hall–Kier alpha value is -2.54. The molecule has 6 atom stereocenters. The summed E-state index contributed by atoms with van der Waals surface area (Å²) in [6.07, 6.45) is -4.55. The van der Waals surface area contributed by atoms with Crippen molar-refractivity contribution >= 4 is 25.3 Å². The number of carboxylic acids is 1. The molecular weight excluding hydrogens is 488 g/mol. The van der Waals surface area contributed by atoms with Gasteiger partial charge in [0.15, 0.2) is 6.23 Å². The maximum absolute atomic E-state index is 15.1. The molecule has 2 aromatic rings. The Bertz CT molecular complexity index is 1160. The molecule has 3 rings (SSSR count). The number of benzene rings is 1. The van der Waals surface area contributed by atoms with E-state index in [2.05, 4.69) is 5.09 Å². The lowest BCUT2D eigenvalue weighted by Gasteiger charge is -2.24. The number of ether oxygens (including phenoxy) is 1. The summed E-state index contributed by atoms with van der Waals surface area (Å²) >= 11 is 5.79. The molecular formula is C18H20ClFN3O9P. The molecule has 1 aromatic carbocycles. The summed E-state index contributed by atoms with van der Waals surface area (Å²) in [6, 6.07) is 7.24. The molecule has 1 aromatic heterocycles. The Balaban J connectivity index is 1.80. The monoisotopic (exact) mass is 507 g/mol. The van der Waals surface area contributed by atoms with Crippen LogP contribution in [0.15, 0.2) is 52.2 Å². The predicted octanol–water partition coefficient (Wildman–Crippen LogP) is 0.966. The molecule has 2 unspecified atom stereocenters. The van der Waals surface area contributed by atoms with Crippen LogP contribution in [0.1, 0.15) is 13.2 Å². The predicted molar refractivity (Wildman–Crippen MR) is 112 cm³/mol. The number of H-pyrrole nitrogens is 1. The first kappa shape index (κ1) is 25.1. The summed E-state index contributed by atoms with van der Waals surface area (Å²) in [5.41, 5.74) is -1.79. The van der Waals surface area contributed by atoms with Gasteiger partial charge in [0.05, 0.1) is 6.61 Å². The number of alkyl halides is 2. The van der Waals surface area contributed by atoms with Gasteiger partial charge in [-0.25, -0.2) is 13.8 Å². The third-order valence-electron chi connectivity index (χ3n) is 4.58. The molecule has 15 heteroatoms. The van der Waals surface area contributed by atoms with Crippen LogP contribution in [-0.4, -0.2) is 55.7 Å². The van der Waals surface area contributed by atoms with Gasteiger partial charge in [-0.3, -0.25) is 23.7 Å². The van der Waals surface area contributed by atoms with Crippen LogP contribution in [0, 0.1) is 0 Å². The van der Waals surface area contributed by atoms with E-state index in [4.69, 9.17) is 30.5 Å². The third-order valence-corrected chi connectivity index (χ3v) is 6.64. The van der Waals surface area contributed by atoms with Crippen molar-refractivity contribution in [3.63, 3.8) is 0 Å². The maximum Gasteiger partial charge on any atom is 0.459 e. The van der Waals surface area contributed by atoms with E-state index >= 15 is 4.39 Å². The van der Waals surface area contributed by atoms with Crippen molar-refractivity contribution in [1.82, 2.24) is 14.6 Å². The first-order chi connectivity index (χ1) is 15.4. The third kappa shape index (κ3) is 5.69. The van der Waals surface area contributed by atoms with Gasteiger partial charge in [0.25, 0.3) is 10.7 Å². The number of aromatic amines is 1. The zero-order valence-electron chi connectivity index (χ0n) is 17.0. The van der Waals surface area contributed by atoms with Crippen molar-refractivity contribution in [3.05, 3.63) is 63.4 Å². The number of carbonyl (C=O) groups is 1. The minimum Gasteiger partial charge on any atom is -0.480 e. The van der Waals surface area contributed by atoms with E-state index in [1.54, 1.807) is 18.2 Å². The van der Waals surface area contributed by atoms with E-state index in [1.165, 1.54) is 19.1 Å². The lowest BCUT2D eigenvalue weighted by atomic mass is 10.1. The maximum atomic E-state index is 15.1. The Morgan fingerprint density at radius 2 is 2.06 bits per heavy atom. The van der Waals surface area contributed by atoms with Crippen molar-refractivity contribution in [2.75, 3.05) is 6.61 Å². The molecule has 0 radical (unpaired) electrons. The molecule has 180 valence electrons. The number of carboxylic acid groups (broad SMARTS) is 1. The Labute approximate surface area is 190 Å². The molecule has 0 saturated carbocycles. The fourth-order valence-corrected chi connectivity index (χ4v) is 4.70. The van der Waals surface area contributed by atoms with Gasteiger partial charge in [-0.15, -0.1) is 0 Å². The highest BCUT2D eigenvalue weighted by Gasteiger charge is 2.58. The van der Waals surface area contributed by atoms with Crippen molar-refractivity contribution in [1.29, 1.82) is 0 Å². The largest absolute Gasteiger partial charge is 0.480 e. The van der Waals surface area contributed by atoms with Gasteiger partial charge in [-0.2, -0.15) is 5.09 Å². The molecule has 2 heterocycles. The van der Waals surface area contributed by atoms with Gasteiger partial charge in [-0.05, 0) is 19.1 Å². The highest BCUT2D eigenvalue weighted by Crippen LogP contribution is 2.48. The summed E-state index contributed by atoms with van der Waals surface area (Å²) in [6.45, 7) is 0.426. The Morgan fingerprint density at radius 3 is 2.67 bits per heavy atom. The second kappa shape index (κ2) is 9.75. The lowest BCUT2D eigenvalue weighted by Crippen LogP contribution is -2.42. The van der Waals surface area contributed by atoms with Crippen LogP contribution in [-0.2, 0) is 18.6 Å². The number of hydrogen-bond donors (Lipinski definition) is 4. The quantitative estimate of drug-likeness (QED) is 0.283. The van der Waals surface area contributed by atoms with Gasteiger partial charge in [0.1, 0.15) is 24.0 Å². The average molecular weight is 508 g/mol. The van der Waals surface area contributed by atoms with Crippen LogP contribution in [0.3, 0.4) is 0 Å². The molecule has 0 amide bonds. The van der Waals surface area contributed by atoms with Crippen LogP contribution in [0.4, 0.5) is 4.39 Å². The van der Waals surface area contributed by atoms with Crippen molar-refractivity contribution in [2.45, 2.75) is 36.5 Å². The van der Waals surface area contributed by atoms with Crippen molar-refractivity contribution in [2.24, 2.45) is 0 Å². The molecule has 33 heavy (non-hydrogen) atoms. The van der Waals surface area contributed by atoms with Gasteiger partial charge in [-0.1, -0.05) is 29.8 Å². The molecule has 0 bridgehead atoms. The average Bonchev–Trinajstić information content (AvgIpc) is 2.96. The van der Waals surface area contributed by atoms with Gasteiger partial charge < -0.3 is 19.5 Å². The van der Waals surface area contributed by atoms with E-state index in [-0.39, 0.29) is 5.75 Å². The van der Waals surface area contributed by atoms with Crippen LogP contribution < -0.4 is 20.9 Å². The number of nitrogens with one attached hydrogen (secondary N) is 2. The second-order valence-corrected chi connectivity index (χ2v) is 9.32. The number of aliphatic hydroxyl groups excluding tert-OH is 1. The highest BCUT2D eigenvalue weighted by atomic mass is 35.5. The number of halogens is 2. The highest BCUT2D eigenvalue weighted by molar-refractivity contribution is 7.52. The molecule has 1 aliphatic heterocycles. The number of nitrogens with zero attached hydrogens (tertiary/aromatic N) is 1. The number of aromatic nitrogens is 2. The molecule has 1 aliphatic rings. The standard InChI is InChI=1S/C18H20ClFN3O9P/c1-10(15(26)27)22-33(29,32-11-5-3-2-4-6-11)30-9-12-14(25)18(19,20)16(31-12)23-8-7-13(24)21-17(23)28/h2-8,10,12,14,16,25H,9H2,1H3,(H,22,29)(H,26,27)(H,21,24,28)/t10?,12-,14-,16-,18-,33?/m1/s1. The number of para-hydroxylation sites is 1. The normalized spacial score (nSPS) is 27.6. The topological polar surface area (TPSA) is 169 Å². The van der Waals surface area contributed by atoms with Gasteiger partial charge in [0, 0.05) is 12.3 Å². The van der Waals surface area contributed by atoms with Gasteiger partial charge in [0.2, 0.25) is 0 Å². The summed E-state index contributed by atoms with van der Waals surface area (Å²) < 4.78 is 44.8. The first-order valence-corrected chi connectivity index (χ1v) is 11.4. The van der Waals surface area contributed by atoms with E-state index in [1.807, 2.05) is 4.98 Å². The van der Waals surface area contributed by atoms with Crippen molar-refractivity contribution < 1.29 is 37.7 Å². The zero-order valence-corrected chi connectivity index (χ0v) is 18.6. The lowest BCUT2D eigenvalue weighted by molar-refractivity contribution is -0.138. The minimum atomic E-state index is -4.38. The molecule has 1 fully saturated rings. The fourth-order valence-electron chi connectivity index (χ4n) is 2.89. The fraction of sp³-hybridized carbons (Fsp3) is 0.389. The van der Waals surface area contributed by atoms with Crippen LogP contribution in [0.25, 0.3) is 0 Å². The van der Waals surface area contributed by atoms with Crippen LogP contribution in [0.2, 0.25) is 0 Å². The minimum absolute atomic E-state index is 0.0775. The number of rotatable bonds is 9. The van der Waals surface area contributed by atoms with E-state index < -0.39 is 61.2 Å². The van der Waals surface area contributed by atoms with E-state index in [0.717, 1.165) is 12.3 Å². The summed E-state index contributed by atoms with van der Waals surface area (Å²) in [7, 11) is -4.38.